The lowest BCUT2D eigenvalue weighted by Gasteiger charge is -2.16. The number of hydrazine groups is 1. The highest BCUT2D eigenvalue weighted by Crippen LogP contribution is 1.96. The van der Waals surface area contributed by atoms with Gasteiger partial charge in [0, 0.05) is 12.3 Å². The highest BCUT2D eigenvalue weighted by atomic mass is 16.6. The first-order valence-electron chi connectivity index (χ1n) is 2.11. The van der Waals surface area contributed by atoms with Crippen molar-refractivity contribution < 1.29 is 10.3 Å². The molecule has 0 radical (unpaired) electrons. The zero-order valence-electron chi connectivity index (χ0n) is 4.07. The SMILES string of the molecule is OC1=CC=CNN1O. The Morgan fingerprint density at radius 1 is 1.62 bits per heavy atom. The normalized spacial score (nSPS) is 17.6. The number of nitrogens with zero attached hydrogens (tertiary/aromatic N) is 1. The van der Waals surface area contributed by atoms with Gasteiger partial charge in [-0.25, -0.2) is 0 Å². The summed E-state index contributed by atoms with van der Waals surface area (Å²) in [6, 6.07) is 0. The molecule has 1 heterocycles. The molecule has 0 atom stereocenters. The van der Waals surface area contributed by atoms with E-state index in [1.165, 1.54) is 12.3 Å². The second-order valence-corrected chi connectivity index (χ2v) is 1.32. The van der Waals surface area contributed by atoms with Gasteiger partial charge >= 0.3 is 0 Å². The van der Waals surface area contributed by atoms with E-state index in [9.17, 15) is 0 Å². The Bertz CT molecular complexity index is 141. The molecule has 4 nitrogen and oxygen atoms in total. The average Bonchev–Trinajstić information content (AvgIpc) is 1.77. The van der Waals surface area contributed by atoms with E-state index in [1.807, 2.05) is 0 Å². The van der Waals surface area contributed by atoms with Crippen LogP contribution in [0.5, 0.6) is 0 Å². The first kappa shape index (κ1) is 4.99. The maximum absolute atomic E-state index is 8.60. The van der Waals surface area contributed by atoms with Gasteiger partial charge in [-0.2, -0.15) is 0 Å². The van der Waals surface area contributed by atoms with Crippen molar-refractivity contribution in [2.24, 2.45) is 0 Å². The van der Waals surface area contributed by atoms with Gasteiger partial charge in [0.15, 0.2) is 0 Å². The van der Waals surface area contributed by atoms with Crippen molar-refractivity contribution in [3.05, 3.63) is 24.2 Å². The lowest BCUT2D eigenvalue weighted by Crippen LogP contribution is -2.31. The smallest absolute Gasteiger partial charge is 0.232 e. The second kappa shape index (κ2) is 1.75. The minimum atomic E-state index is -0.215. The third-order valence-corrected chi connectivity index (χ3v) is 0.755. The highest BCUT2D eigenvalue weighted by molar-refractivity contribution is 5.07. The summed E-state index contributed by atoms with van der Waals surface area (Å²) in [5.74, 6) is -0.215. The summed E-state index contributed by atoms with van der Waals surface area (Å²) < 4.78 is 0. The Morgan fingerprint density at radius 3 is 2.75 bits per heavy atom. The van der Waals surface area contributed by atoms with Crippen LogP contribution in [0.2, 0.25) is 0 Å². The summed E-state index contributed by atoms with van der Waals surface area (Å²) in [5, 5.41) is 17.6. The number of aliphatic hydroxyl groups is 1. The zero-order valence-corrected chi connectivity index (χ0v) is 4.07. The molecule has 0 saturated heterocycles. The van der Waals surface area contributed by atoms with Crippen LogP contribution in [0.15, 0.2) is 24.2 Å². The number of aliphatic hydroxyl groups excluding tert-OH is 1. The van der Waals surface area contributed by atoms with Crippen LogP contribution < -0.4 is 5.43 Å². The standard InChI is InChI=1S/C4H6N2O2/c7-4-2-1-3-5-6(4)8/h1-3,5,7-8H. The van der Waals surface area contributed by atoms with Crippen molar-refractivity contribution in [2.45, 2.75) is 0 Å². The van der Waals surface area contributed by atoms with Crippen molar-refractivity contribution in [2.75, 3.05) is 0 Å². The number of nitrogens with one attached hydrogen (secondary N) is 1. The maximum atomic E-state index is 8.60. The number of rotatable bonds is 0. The number of hydrogen-bond donors (Lipinski definition) is 3. The molecule has 1 rings (SSSR count). The van der Waals surface area contributed by atoms with Crippen LogP contribution in [-0.2, 0) is 0 Å². The molecular weight excluding hydrogens is 108 g/mol. The van der Waals surface area contributed by atoms with E-state index < -0.39 is 0 Å². The monoisotopic (exact) mass is 114 g/mol. The van der Waals surface area contributed by atoms with Gasteiger partial charge in [-0.05, 0) is 6.08 Å². The van der Waals surface area contributed by atoms with E-state index in [2.05, 4.69) is 5.43 Å². The molecule has 44 valence electrons. The topological polar surface area (TPSA) is 55.7 Å². The first-order chi connectivity index (χ1) is 3.80. The Morgan fingerprint density at radius 2 is 2.38 bits per heavy atom. The van der Waals surface area contributed by atoms with Crippen LogP contribution >= 0.6 is 0 Å². The van der Waals surface area contributed by atoms with Gasteiger partial charge < -0.3 is 5.11 Å². The number of hydroxylamine groups is 1. The minimum absolute atomic E-state index is 0.215. The fourth-order valence-electron chi connectivity index (χ4n) is 0.385. The molecule has 0 fully saturated rings. The molecule has 8 heavy (non-hydrogen) atoms. The third-order valence-electron chi connectivity index (χ3n) is 0.755. The molecule has 0 bridgehead atoms. The first-order valence-corrected chi connectivity index (χ1v) is 2.11. The van der Waals surface area contributed by atoms with Crippen molar-refractivity contribution in [1.82, 2.24) is 10.6 Å². The van der Waals surface area contributed by atoms with Gasteiger partial charge in [-0.3, -0.25) is 10.6 Å². The summed E-state index contributed by atoms with van der Waals surface area (Å²) in [6.07, 6.45) is 4.41. The molecular formula is C4H6N2O2. The zero-order chi connectivity index (χ0) is 5.98. The van der Waals surface area contributed by atoms with Crippen molar-refractivity contribution in [3.8, 4) is 0 Å². The van der Waals surface area contributed by atoms with E-state index >= 15 is 0 Å². The van der Waals surface area contributed by atoms with Crippen LogP contribution in [0.4, 0.5) is 0 Å². The molecule has 1 aliphatic rings. The van der Waals surface area contributed by atoms with E-state index in [-0.39, 0.29) is 5.88 Å². The van der Waals surface area contributed by atoms with Gasteiger partial charge in [0.1, 0.15) is 0 Å². The third kappa shape index (κ3) is 0.737. The van der Waals surface area contributed by atoms with Gasteiger partial charge in [0.25, 0.3) is 0 Å². The summed E-state index contributed by atoms with van der Waals surface area (Å²) >= 11 is 0. The van der Waals surface area contributed by atoms with Gasteiger partial charge in [-0.15, -0.1) is 5.17 Å². The summed E-state index contributed by atoms with van der Waals surface area (Å²) in [5.41, 5.74) is 2.32. The van der Waals surface area contributed by atoms with Gasteiger partial charge in [0.05, 0.1) is 0 Å². The molecule has 0 aromatic rings. The lowest BCUT2D eigenvalue weighted by molar-refractivity contribution is -0.125. The van der Waals surface area contributed by atoms with Crippen molar-refractivity contribution in [3.63, 3.8) is 0 Å². The van der Waals surface area contributed by atoms with Crippen LogP contribution in [0.1, 0.15) is 0 Å². The fourth-order valence-corrected chi connectivity index (χ4v) is 0.385. The molecule has 0 saturated carbocycles. The summed E-state index contributed by atoms with van der Waals surface area (Å²) in [4.78, 5) is 0. The van der Waals surface area contributed by atoms with Crippen LogP contribution in [0.25, 0.3) is 0 Å². The van der Waals surface area contributed by atoms with Crippen LogP contribution in [0.3, 0.4) is 0 Å². The van der Waals surface area contributed by atoms with E-state index in [0.717, 1.165) is 0 Å². The molecule has 0 amide bonds. The van der Waals surface area contributed by atoms with E-state index in [1.54, 1.807) is 6.08 Å². The average molecular weight is 114 g/mol. The molecule has 1 aliphatic heterocycles. The van der Waals surface area contributed by atoms with Crippen LogP contribution in [-0.4, -0.2) is 15.5 Å². The van der Waals surface area contributed by atoms with Gasteiger partial charge in [0.2, 0.25) is 5.88 Å². The lowest BCUT2D eigenvalue weighted by atomic mass is 10.5. The van der Waals surface area contributed by atoms with Gasteiger partial charge in [-0.1, -0.05) is 0 Å². The molecule has 0 aromatic heterocycles. The molecule has 0 aliphatic carbocycles. The van der Waals surface area contributed by atoms with E-state index in [4.69, 9.17) is 10.3 Å². The molecule has 0 unspecified atom stereocenters. The van der Waals surface area contributed by atoms with Crippen molar-refractivity contribution in [1.29, 1.82) is 0 Å². The summed E-state index contributed by atoms with van der Waals surface area (Å²) in [6.45, 7) is 0. The Labute approximate surface area is 46.3 Å². The molecule has 0 spiro atoms. The molecule has 3 N–H and O–H groups in total. The van der Waals surface area contributed by atoms with E-state index in [0.29, 0.717) is 5.17 Å². The Kier molecular flexibility index (Phi) is 1.09. The highest BCUT2D eigenvalue weighted by Gasteiger charge is 2.01. The fraction of sp³-hybridized carbons (Fsp3) is 0. The second-order valence-electron chi connectivity index (χ2n) is 1.32. The predicted octanol–water partition coefficient (Wildman–Crippen LogP) is 0.109. The minimum Gasteiger partial charge on any atom is -0.492 e. The largest absolute Gasteiger partial charge is 0.492 e. The maximum Gasteiger partial charge on any atom is 0.232 e. The number of hydrogen-bond acceptors (Lipinski definition) is 4. The quantitative estimate of drug-likeness (QED) is 0.418. The Balaban J connectivity index is 2.66. The Hall–Kier alpha value is -1.16. The number of allylic oxidation sites excluding steroid dienone is 2. The molecule has 4 heteroatoms. The van der Waals surface area contributed by atoms with Crippen molar-refractivity contribution >= 4 is 0 Å². The summed E-state index contributed by atoms with van der Waals surface area (Å²) in [7, 11) is 0. The van der Waals surface area contributed by atoms with Crippen LogP contribution in [0, 0.1) is 0 Å². The molecule has 0 aromatic carbocycles. The predicted molar refractivity (Wildman–Crippen MR) is 26.6 cm³/mol.